The molecule has 2 rings (SSSR count). The Balaban J connectivity index is 1.78. The lowest BCUT2D eigenvalue weighted by Crippen LogP contribution is -2.39. The molecule has 0 heterocycles. The lowest BCUT2D eigenvalue weighted by Gasteiger charge is -2.18. The molecule has 1 amide bonds. The van der Waals surface area contributed by atoms with E-state index in [1.807, 2.05) is 24.3 Å². The van der Waals surface area contributed by atoms with Gasteiger partial charge in [-0.3, -0.25) is 4.79 Å². The summed E-state index contributed by atoms with van der Waals surface area (Å²) < 4.78 is 0.939. The van der Waals surface area contributed by atoms with Crippen molar-refractivity contribution in [3.05, 3.63) is 28.7 Å². The first-order valence-corrected chi connectivity index (χ1v) is 7.38. The van der Waals surface area contributed by atoms with Crippen LogP contribution in [0.1, 0.15) is 19.3 Å². The highest BCUT2D eigenvalue weighted by molar-refractivity contribution is 9.10. The second-order valence-corrected chi connectivity index (χ2v) is 5.84. The van der Waals surface area contributed by atoms with E-state index in [4.69, 9.17) is 0 Å². The van der Waals surface area contributed by atoms with Crippen molar-refractivity contribution in [2.75, 3.05) is 18.5 Å². The van der Waals surface area contributed by atoms with Crippen LogP contribution < -0.4 is 10.6 Å². The van der Waals surface area contributed by atoms with Gasteiger partial charge in [-0.2, -0.15) is 0 Å². The number of rotatable bonds is 5. The fraction of sp³-hybridized carbons (Fsp3) is 0.500. The largest absolute Gasteiger partial charge is 0.396 e. The maximum Gasteiger partial charge on any atom is 0.238 e. The number of carbonyl (C=O) groups is 1. The van der Waals surface area contributed by atoms with Crippen molar-refractivity contribution in [3.8, 4) is 0 Å². The first kappa shape index (κ1) is 14.5. The normalized spacial score (nSPS) is 22.4. The van der Waals surface area contributed by atoms with Gasteiger partial charge in [0.05, 0.1) is 6.54 Å². The third-order valence-electron chi connectivity index (χ3n) is 3.53. The highest BCUT2D eigenvalue weighted by Crippen LogP contribution is 2.24. The number of carbonyl (C=O) groups excluding carboxylic acids is 1. The van der Waals surface area contributed by atoms with Crippen LogP contribution in [-0.4, -0.2) is 30.2 Å². The number of aliphatic hydroxyl groups is 1. The van der Waals surface area contributed by atoms with E-state index in [2.05, 4.69) is 26.6 Å². The number of hydrogen-bond acceptors (Lipinski definition) is 3. The van der Waals surface area contributed by atoms with Gasteiger partial charge in [0.25, 0.3) is 0 Å². The lowest BCUT2D eigenvalue weighted by atomic mass is 10.1. The van der Waals surface area contributed by atoms with Gasteiger partial charge in [-0.05, 0) is 37.0 Å². The molecule has 3 N–H and O–H groups in total. The Morgan fingerprint density at radius 3 is 3.00 bits per heavy atom. The molecule has 2 unspecified atom stereocenters. The van der Waals surface area contributed by atoms with Gasteiger partial charge >= 0.3 is 0 Å². The smallest absolute Gasteiger partial charge is 0.238 e. The molecular weight excluding hydrogens is 308 g/mol. The summed E-state index contributed by atoms with van der Waals surface area (Å²) >= 11 is 3.37. The van der Waals surface area contributed by atoms with Crippen LogP contribution in [0.3, 0.4) is 0 Å². The average Bonchev–Trinajstić information content (AvgIpc) is 2.83. The fourth-order valence-electron chi connectivity index (χ4n) is 2.52. The molecule has 104 valence electrons. The summed E-state index contributed by atoms with van der Waals surface area (Å²) in [5.41, 5.74) is 0.784. The first-order valence-electron chi connectivity index (χ1n) is 6.58. The van der Waals surface area contributed by atoms with Crippen LogP contribution in [0.25, 0.3) is 0 Å². The molecule has 5 heteroatoms. The summed E-state index contributed by atoms with van der Waals surface area (Å²) in [5.74, 6) is 0.236. The second-order valence-electron chi connectivity index (χ2n) is 4.92. The molecule has 0 aliphatic heterocycles. The van der Waals surface area contributed by atoms with Crippen LogP contribution in [-0.2, 0) is 4.79 Å². The highest BCUT2D eigenvalue weighted by Gasteiger charge is 2.26. The third kappa shape index (κ3) is 4.30. The van der Waals surface area contributed by atoms with E-state index in [0.717, 1.165) is 29.4 Å². The Labute approximate surface area is 121 Å². The van der Waals surface area contributed by atoms with Crippen LogP contribution in [0.2, 0.25) is 0 Å². The van der Waals surface area contributed by atoms with Gasteiger partial charge in [0.1, 0.15) is 0 Å². The summed E-state index contributed by atoms with van der Waals surface area (Å²) in [7, 11) is 0. The van der Waals surface area contributed by atoms with Crippen LogP contribution in [0.4, 0.5) is 5.69 Å². The molecule has 0 spiro atoms. The summed E-state index contributed by atoms with van der Waals surface area (Å²) in [5, 5.41) is 15.3. The van der Waals surface area contributed by atoms with Crippen LogP contribution in [0.15, 0.2) is 28.7 Å². The number of anilines is 1. The highest BCUT2D eigenvalue weighted by atomic mass is 79.9. The van der Waals surface area contributed by atoms with E-state index in [1.165, 1.54) is 0 Å². The summed E-state index contributed by atoms with van der Waals surface area (Å²) in [6.07, 6.45) is 3.20. The molecule has 0 saturated heterocycles. The summed E-state index contributed by atoms with van der Waals surface area (Å²) in [6, 6.07) is 7.78. The quantitative estimate of drug-likeness (QED) is 0.776. The van der Waals surface area contributed by atoms with Gasteiger partial charge in [-0.25, -0.2) is 0 Å². The van der Waals surface area contributed by atoms with E-state index in [9.17, 15) is 9.90 Å². The minimum absolute atomic E-state index is 0.0540. The molecule has 1 saturated carbocycles. The number of hydrogen-bond donors (Lipinski definition) is 3. The molecule has 1 aliphatic carbocycles. The Morgan fingerprint density at radius 2 is 2.26 bits per heavy atom. The Hall–Kier alpha value is -0.910. The lowest BCUT2D eigenvalue weighted by molar-refractivity contribution is -0.115. The maximum atomic E-state index is 11.8. The average molecular weight is 327 g/mol. The fourth-order valence-corrected chi connectivity index (χ4v) is 2.92. The third-order valence-corrected chi connectivity index (χ3v) is 4.02. The van der Waals surface area contributed by atoms with E-state index in [0.29, 0.717) is 5.92 Å². The Kier molecular flexibility index (Phi) is 5.36. The van der Waals surface area contributed by atoms with Crippen molar-refractivity contribution in [3.63, 3.8) is 0 Å². The zero-order valence-corrected chi connectivity index (χ0v) is 12.3. The molecular formula is C14H19BrN2O2. The number of halogens is 1. The number of amides is 1. The number of benzene rings is 1. The molecule has 1 aliphatic rings. The van der Waals surface area contributed by atoms with E-state index < -0.39 is 0 Å². The van der Waals surface area contributed by atoms with Crippen LogP contribution >= 0.6 is 15.9 Å². The molecule has 4 nitrogen and oxygen atoms in total. The number of nitrogens with one attached hydrogen (secondary N) is 2. The van der Waals surface area contributed by atoms with Gasteiger partial charge in [-0.15, -0.1) is 0 Å². The van der Waals surface area contributed by atoms with Crippen molar-refractivity contribution >= 4 is 27.5 Å². The Morgan fingerprint density at radius 1 is 1.42 bits per heavy atom. The van der Waals surface area contributed by atoms with Crippen LogP contribution in [0.5, 0.6) is 0 Å². The SMILES string of the molecule is O=C(CNC1CCCC1CO)Nc1cccc(Br)c1. The van der Waals surface area contributed by atoms with Gasteiger partial charge in [0, 0.05) is 22.8 Å². The molecule has 1 aromatic rings. The van der Waals surface area contributed by atoms with Crippen molar-refractivity contribution in [1.82, 2.24) is 5.32 Å². The van der Waals surface area contributed by atoms with E-state index in [1.54, 1.807) is 0 Å². The molecule has 0 bridgehead atoms. The Bertz CT molecular complexity index is 439. The van der Waals surface area contributed by atoms with Gasteiger partial charge in [-0.1, -0.05) is 28.4 Å². The predicted octanol–water partition coefficient (Wildman–Crippen LogP) is 2.14. The summed E-state index contributed by atoms with van der Waals surface area (Å²) in [6.45, 7) is 0.485. The first-order chi connectivity index (χ1) is 9.19. The monoisotopic (exact) mass is 326 g/mol. The molecule has 1 fully saturated rings. The molecule has 1 aromatic carbocycles. The maximum absolute atomic E-state index is 11.8. The zero-order chi connectivity index (χ0) is 13.7. The predicted molar refractivity (Wildman–Crippen MR) is 79.0 cm³/mol. The van der Waals surface area contributed by atoms with Gasteiger partial charge < -0.3 is 15.7 Å². The standard InChI is InChI=1S/C14H19BrN2O2/c15-11-4-2-5-12(7-11)17-14(19)8-16-13-6-1-3-10(13)9-18/h2,4-5,7,10,13,16,18H,1,3,6,8-9H2,(H,17,19). The molecule has 0 radical (unpaired) electrons. The van der Waals surface area contributed by atoms with Crippen molar-refractivity contribution < 1.29 is 9.90 Å². The minimum Gasteiger partial charge on any atom is -0.396 e. The summed E-state index contributed by atoms with van der Waals surface area (Å²) in [4.78, 5) is 11.8. The zero-order valence-electron chi connectivity index (χ0n) is 10.7. The van der Waals surface area contributed by atoms with Crippen LogP contribution in [0, 0.1) is 5.92 Å². The van der Waals surface area contributed by atoms with Crippen molar-refractivity contribution in [2.45, 2.75) is 25.3 Å². The molecule has 2 atom stereocenters. The topological polar surface area (TPSA) is 61.4 Å². The van der Waals surface area contributed by atoms with E-state index in [-0.39, 0.29) is 25.1 Å². The molecule has 0 aromatic heterocycles. The van der Waals surface area contributed by atoms with Gasteiger partial charge in [0.2, 0.25) is 5.91 Å². The van der Waals surface area contributed by atoms with Crippen molar-refractivity contribution in [2.24, 2.45) is 5.92 Å². The van der Waals surface area contributed by atoms with Gasteiger partial charge in [0.15, 0.2) is 0 Å². The number of aliphatic hydroxyl groups excluding tert-OH is 1. The van der Waals surface area contributed by atoms with Crippen molar-refractivity contribution in [1.29, 1.82) is 0 Å². The second kappa shape index (κ2) is 7.03. The molecule has 19 heavy (non-hydrogen) atoms. The van der Waals surface area contributed by atoms with E-state index >= 15 is 0 Å². The minimum atomic E-state index is -0.0540.